The highest BCUT2D eigenvalue weighted by Gasteiger charge is 2.40. The molecule has 1 amide bonds. The average Bonchev–Trinajstić information content (AvgIpc) is 2.16. The first-order chi connectivity index (χ1) is 7.46. The number of nitrogens with one attached hydrogen (secondary N) is 1. The van der Waals surface area contributed by atoms with Crippen LogP contribution in [0.4, 0.5) is 0 Å². The SMILES string of the molecule is CC1CC(NCCN(C)C)(C(N)=O)CCO1. The number of hydrogen-bond acceptors (Lipinski definition) is 4. The number of carbonyl (C=O) groups excluding carboxylic acids is 1. The zero-order valence-corrected chi connectivity index (χ0v) is 10.5. The van der Waals surface area contributed by atoms with Gasteiger partial charge in [-0.15, -0.1) is 0 Å². The molecule has 0 saturated carbocycles. The van der Waals surface area contributed by atoms with E-state index in [0.717, 1.165) is 13.1 Å². The molecular weight excluding hydrogens is 206 g/mol. The summed E-state index contributed by atoms with van der Waals surface area (Å²) in [6.45, 7) is 4.23. The van der Waals surface area contributed by atoms with E-state index < -0.39 is 5.54 Å². The van der Waals surface area contributed by atoms with E-state index in [4.69, 9.17) is 10.5 Å². The Morgan fingerprint density at radius 3 is 2.81 bits per heavy atom. The molecule has 0 aromatic rings. The summed E-state index contributed by atoms with van der Waals surface area (Å²) in [4.78, 5) is 13.7. The number of nitrogens with two attached hydrogens (primary N) is 1. The molecule has 2 unspecified atom stereocenters. The maximum Gasteiger partial charge on any atom is 0.237 e. The third-order valence-corrected chi connectivity index (χ3v) is 3.06. The summed E-state index contributed by atoms with van der Waals surface area (Å²) in [6.07, 6.45) is 1.42. The molecule has 1 aliphatic rings. The van der Waals surface area contributed by atoms with Crippen LogP contribution in [0.1, 0.15) is 19.8 Å². The summed E-state index contributed by atoms with van der Waals surface area (Å²) in [6, 6.07) is 0. The van der Waals surface area contributed by atoms with Gasteiger partial charge >= 0.3 is 0 Å². The fourth-order valence-corrected chi connectivity index (χ4v) is 2.08. The lowest BCUT2D eigenvalue weighted by molar-refractivity contribution is -0.130. The van der Waals surface area contributed by atoms with Crippen LogP contribution in [0.15, 0.2) is 0 Å². The minimum atomic E-state index is -0.576. The van der Waals surface area contributed by atoms with Crippen molar-refractivity contribution in [2.24, 2.45) is 5.73 Å². The van der Waals surface area contributed by atoms with E-state index in [0.29, 0.717) is 19.4 Å². The highest BCUT2D eigenvalue weighted by molar-refractivity contribution is 5.84. The van der Waals surface area contributed by atoms with Gasteiger partial charge in [-0.3, -0.25) is 4.79 Å². The summed E-state index contributed by atoms with van der Waals surface area (Å²) in [7, 11) is 4.01. The van der Waals surface area contributed by atoms with Crippen LogP contribution in [0.25, 0.3) is 0 Å². The van der Waals surface area contributed by atoms with Crippen molar-refractivity contribution in [3.63, 3.8) is 0 Å². The number of ether oxygens (including phenoxy) is 1. The van der Waals surface area contributed by atoms with Gasteiger partial charge in [0.1, 0.15) is 5.54 Å². The Kier molecular flexibility index (Phi) is 4.70. The average molecular weight is 229 g/mol. The number of carbonyl (C=O) groups is 1. The Balaban J connectivity index is 2.55. The summed E-state index contributed by atoms with van der Waals surface area (Å²) >= 11 is 0. The number of rotatable bonds is 5. The minimum absolute atomic E-state index is 0.0908. The van der Waals surface area contributed by atoms with Crippen LogP contribution >= 0.6 is 0 Å². The van der Waals surface area contributed by atoms with E-state index in [2.05, 4.69) is 10.2 Å². The van der Waals surface area contributed by atoms with E-state index >= 15 is 0 Å². The largest absolute Gasteiger partial charge is 0.378 e. The molecule has 0 spiro atoms. The van der Waals surface area contributed by atoms with Gasteiger partial charge in [-0.2, -0.15) is 0 Å². The van der Waals surface area contributed by atoms with Gasteiger partial charge in [-0.05, 0) is 27.4 Å². The predicted molar refractivity (Wildman–Crippen MR) is 63.1 cm³/mol. The molecule has 1 heterocycles. The smallest absolute Gasteiger partial charge is 0.237 e. The first-order valence-electron chi connectivity index (χ1n) is 5.77. The summed E-state index contributed by atoms with van der Waals surface area (Å²) in [5.41, 5.74) is 4.93. The number of likely N-dealkylation sites (N-methyl/N-ethyl adjacent to an activating group) is 1. The Morgan fingerprint density at radius 2 is 2.31 bits per heavy atom. The lowest BCUT2D eigenvalue weighted by atomic mass is 9.86. The molecular formula is C11H23N3O2. The van der Waals surface area contributed by atoms with Crippen molar-refractivity contribution in [1.29, 1.82) is 0 Å². The third-order valence-electron chi connectivity index (χ3n) is 3.06. The monoisotopic (exact) mass is 229 g/mol. The van der Waals surface area contributed by atoms with Crippen LogP contribution in [0.5, 0.6) is 0 Å². The van der Waals surface area contributed by atoms with E-state index in [-0.39, 0.29) is 12.0 Å². The number of primary amides is 1. The van der Waals surface area contributed by atoms with Gasteiger partial charge in [0.2, 0.25) is 5.91 Å². The molecule has 0 bridgehead atoms. The van der Waals surface area contributed by atoms with Crippen molar-refractivity contribution in [2.75, 3.05) is 33.8 Å². The van der Waals surface area contributed by atoms with Crippen LogP contribution in [0.3, 0.4) is 0 Å². The standard InChI is InChI=1S/C11H23N3O2/c1-9-8-11(10(12)15,4-7-16-9)13-5-6-14(2)3/h9,13H,4-8H2,1-3H3,(H2,12,15). The molecule has 5 nitrogen and oxygen atoms in total. The molecule has 0 aliphatic carbocycles. The quantitative estimate of drug-likeness (QED) is 0.671. The fraction of sp³-hybridized carbons (Fsp3) is 0.909. The van der Waals surface area contributed by atoms with Crippen molar-refractivity contribution < 1.29 is 9.53 Å². The van der Waals surface area contributed by atoms with Crippen molar-refractivity contribution in [3.05, 3.63) is 0 Å². The Labute approximate surface area is 97.3 Å². The number of amides is 1. The van der Waals surface area contributed by atoms with Crippen molar-refractivity contribution >= 4 is 5.91 Å². The topological polar surface area (TPSA) is 67.6 Å². The molecule has 5 heteroatoms. The second kappa shape index (κ2) is 5.61. The molecule has 1 rings (SSSR count). The normalized spacial score (nSPS) is 30.6. The van der Waals surface area contributed by atoms with Crippen LogP contribution in [-0.4, -0.2) is 56.2 Å². The Bertz CT molecular complexity index is 245. The summed E-state index contributed by atoms with van der Waals surface area (Å²) < 4.78 is 5.45. The summed E-state index contributed by atoms with van der Waals surface area (Å²) in [5.74, 6) is -0.263. The zero-order chi connectivity index (χ0) is 12.2. The van der Waals surface area contributed by atoms with E-state index in [9.17, 15) is 4.79 Å². The minimum Gasteiger partial charge on any atom is -0.378 e. The lowest BCUT2D eigenvalue weighted by Gasteiger charge is -2.38. The maximum atomic E-state index is 11.6. The van der Waals surface area contributed by atoms with Crippen molar-refractivity contribution in [3.8, 4) is 0 Å². The molecule has 1 aliphatic heterocycles. The van der Waals surface area contributed by atoms with E-state index in [1.807, 2.05) is 21.0 Å². The molecule has 1 fully saturated rings. The molecule has 0 aromatic carbocycles. The van der Waals surface area contributed by atoms with Gasteiger partial charge in [-0.1, -0.05) is 0 Å². The highest BCUT2D eigenvalue weighted by atomic mass is 16.5. The predicted octanol–water partition coefficient (Wildman–Crippen LogP) is -0.439. The van der Waals surface area contributed by atoms with Crippen molar-refractivity contribution in [1.82, 2.24) is 10.2 Å². The van der Waals surface area contributed by atoms with Crippen LogP contribution in [0.2, 0.25) is 0 Å². The maximum absolute atomic E-state index is 11.6. The van der Waals surface area contributed by atoms with Gasteiger partial charge in [0.05, 0.1) is 6.10 Å². The molecule has 0 aromatic heterocycles. The first-order valence-corrected chi connectivity index (χ1v) is 5.77. The molecule has 2 atom stereocenters. The molecule has 94 valence electrons. The fourth-order valence-electron chi connectivity index (χ4n) is 2.08. The van der Waals surface area contributed by atoms with Gasteiger partial charge in [0, 0.05) is 26.1 Å². The van der Waals surface area contributed by atoms with E-state index in [1.54, 1.807) is 0 Å². The van der Waals surface area contributed by atoms with Gasteiger partial charge in [0.25, 0.3) is 0 Å². The van der Waals surface area contributed by atoms with Crippen LogP contribution in [0, 0.1) is 0 Å². The Hall–Kier alpha value is -0.650. The third kappa shape index (κ3) is 3.43. The molecule has 0 radical (unpaired) electrons. The van der Waals surface area contributed by atoms with Gasteiger partial charge < -0.3 is 20.7 Å². The first kappa shape index (κ1) is 13.4. The van der Waals surface area contributed by atoms with Crippen LogP contribution < -0.4 is 11.1 Å². The van der Waals surface area contributed by atoms with Crippen LogP contribution in [-0.2, 0) is 9.53 Å². The summed E-state index contributed by atoms with van der Waals surface area (Å²) in [5, 5.41) is 3.30. The van der Waals surface area contributed by atoms with E-state index in [1.165, 1.54) is 0 Å². The lowest BCUT2D eigenvalue weighted by Crippen LogP contribution is -2.60. The molecule has 3 N–H and O–H groups in total. The number of nitrogens with zero attached hydrogens (tertiary/aromatic N) is 1. The zero-order valence-electron chi connectivity index (χ0n) is 10.5. The number of hydrogen-bond donors (Lipinski definition) is 2. The Morgan fingerprint density at radius 1 is 1.62 bits per heavy atom. The molecule has 16 heavy (non-hydrogen) atoms. The van der Waals surface area contributed by atoms with Crippen molar-refractivity contribution in [2.45, 2.75) is 31.4 Å². The second-order valence-corrected chi connectivity index (χ2v) is 4.81. The highest BCUT2D eigenvalue weighted by Crippen LogP contribution is 2.24. The van der Waals surface area contributed by atoms with Gasteiger partial charge in [0.15, 0.2) is 0 Å². The van der Waals surface area contributed by atoms with Gasteiger partial charge in [-0.25, -0.2) is 0 Å². The second-order valence-electron chi connectivity index (χ2n) is 4.81. The molecule has 1 saturated heterocycles.